The molecule has 2 aromatic heterocycles. The van der Waals surface area contributed by atoms with Crippen molar-refractivity contribution in [1.82, 2.24) is 24.8 Å². The van der Waals surface area contributed by atoms with Crippen molar-refractivity contribution in [2.75, 3.05) is 54.9 Å². The first-order valence-electron chi connectivity index (χ1n) is 12.7. The van der Waals surface area contributed by atoms with E-state index in [1.54, 1.807) is 30.0 Å². The Balaban J connectivity index is 1.47. The Bertz CT molecular complexity index is 1640. The Morgan fingerprint density at radius 3 is 2.33 bits per heavy atom. The van der Waals surface area contributed by atoms with Gasteiger partial charge < -0.3 is 15.3 Å². The molecule has 10 nitrogen and oxygen atoms in total. The van der Waals surface area contributed by atoms with Gasteiger partial charge in [-0.2, -0.15) is 15.0 Å². The number of aromatic nitrogens is 4. The van der Waals surface area contributed by atoms with Gasteiger partial charge >= 0.3 is 0 Å². The van der Waals surface area contributed by atoms with Crippen molar-refractivity contribution in [3.63, 3.8) is 0 Å². The second-order valence-corrected chi connectivity index (χ2v) is 10.8. The van der Waals surface area contributed by atoms with Crippen molar-refractivity contribution in [2.45, 2.75) is 6.92 Å². The number of nitrogens with one attached hydrogen (secondary N) is 2. The average Bonchev–Trinajstić information content (AvgIpc) is 3.46. The summed E-state index contributed by atoms with van der Waals surface area (Å²) in [4.78, 5) is 33.0. The average molecular weight is 641 g/mol. The van der Waals surface area contributed by atoms with Gasteiger partial charge in [-0.25, -0.2) is 26.9 Å². The molecule has 1 saturated heterocycles. The number of piperazine rings is 1. The summed E-state index contributed by atoms with van der Waals surface area (Å²) in [5, 5.41) is 15.1. The van der Waals surface area contributed by atoms with Crippen LogP contribution in [0.1, 0.15) is 15.2 Å². The number of rotatable bonds is 8. The molecule has 3 heterocycles. The number of halogens is 6. The number of para-hydroxylation sites is 1. The standard InChI is InChI=1S/C26H22ClF5N8O2S/c1-12-3-2-4-13(27)21(12)34-23(42)14-11-33-26(43-14)38-24-35-22(15-16(28)18(30)20(32)19(31)17(15)29)36-25(37-24)40-7-5-39(6-8-40)9-10-41/h2-4,11,41H,5-10H2,1H3,(H,34,42)(H,33,35,36,37,38). The van der Waals surface area contributed by atoms with E-state index in [1.165, 1.54) is 6.20 Å². The summed E-state index contributed by atoms with van der Waals surface area (Å²) in [7, 11) is 0. The van der Waals surface area contributed by atoms with Crippen molar-refractivity contribution in [3.8, 4) is 11.4 Å². The van der Waals surface area contributed by atoms with Gasteiger partial charge in [0.25, 0.3) is 5.91 Å². The molecular weight excluding hydrogens is 619 g/mol. The Labute approximate surface area is 250 Å². The van der Waals surface area contributed by atoms with E-state index in [9.17, 15) is 31.9 Å². The number of β-amino-alcohol motifs (C(OH)–C–C–N with tert-alkyl or cyclic N) is 1. The number of aliphatic hydroxyl groups is 1. The summed E-state index contributed by atoms with van der Waals surface area (Å²) < 4.78 is 71.3. The van der Waals surface area contributed by atoms with E-state index in [1.807, 2.05) is 4.90 Å². The van der Waals surface area contributed by atoms with Crippen LogP contribution in [0.4, 0.5) is 44.7 Å². The molecule has 4 aromatic rings. The molecule has 17 heteroatoms. The quantitative estimate of drug-likeness (QED) is 0.142. The van der Waals surface area contributed by atoms with E-state index in [-0.39, 0.29) is 28.5 Å². The summed E-state index contributed by atoms with van der Waals surface area (Å²) in [6.45, 7) is 3.81. The molecule has 3 N–H and O–H groups in total. The molecule has 5 rings (SSSR count). The lowest BCUT2D eigenvalue weighted by Crippen LogP contribution is -2.47. The number of carbonyl (C=O) groups excluding carboxylic acids is 1. The van der Waals surface area contributed by atoms with Gasteiger partial charge in [0.2, 0.25) is 17.7 Å². The second-order valence-electron chi connectivity index (χ2n) is 9.32. The summed E-state index contributed by atoms with van der Waals surface area (Å²) in [6.07, 6.45) is 1.27. The minimum atomic E-state index is -2.31. The van der Waals surface area contributed by atoms with Gasteiger partial charge in [-0.15, -0.1) is 0 Å². The van der Waals surface area contributed by atoms with Crippen LogP contribution in [-0.4, -0.2) is 75.2 Å². The highest BCUT2D eigenvalue weighted by molar-refractivity contribution is 7.17. The number of hydrogen-bond acceptors (Lipinski definition) is 10. The van der Waals surface area contributed by atoms with E-state index in [4.69, 9.17) is 11.6 Å². The summed E-state index contributed by atoms with van der Waals surface area (Å²) in [5.41, 5.74) is -0.165. The third kappa shape index (κ3) is 6.36. The fraction of sp³-hybridized carbons (Fsp3) is 0.269. The predicted molar refractivity (Wildman–Crippen MR) is 150 cm³/mol. The molecular formula is C26H22ClF5N8O2S. The molecule has 2 aromatic carbocycles. The zero-order valence-electron chi connectivity index (χ0n) is 22.3. The monoisotopic (exact) mass is 640 g/mol. The van der Waals surface area contributed by atoms with Gasteiger partial charge in [0.1, 0.15) is 4.88 Å². The molecule has 0 radical (unpaired) electrons. The number of nitrogens with zero attached hydrogens (tertiary/aromatic N) is 6. The topological polar surface area (TPSA) is 119 Å². The van der Waals surface area contributed by atoms with Crippen LogP contribution in [0.5, 0.6) is 0 Å². The van der Waals surface area contributed by atoms with Crippen LogP contribution < -0.4 is 15.5 Å². The summed E-state index contributed by atoms with van der Waals surface area (Å²) in [5.74, 6) is -12.5. The van der Waals surface area contributed by atoms with Crippen LogP contribution in [0.3, 0.4) is 0 Å². The Kier molecular flexibility index (Phi) is 9.00. The first kappa shape index (κ1) is 30.5. The smallest absolute Gasteiger partial charge is 0.267 e. The van der Waals surface area contributed by atoms with Gasteiger partial charge in [0, 0.05) is 32.7 Å². The van der Waals surface area contributed by atoms with Crippen LogP contribution in [0.2, 0.25) is 5.02 Å². The maximum Gasteiger partial charge on any atom is 0.267 e. The van der Waals surface area contributed by atoms with Crippen LogP contribution >= 0.6 is 22.9 Å². The van der Waals surface area contributed by atoms with Crippen molar-refractivity contribution in [1.29, 1.82) is 0 Å². The number of aryl methyl sites for hydroxylation is 1. The number of hydrogen-bond donors (Lipinski definition) is 3. The lowest BCUT2D eigenvalue weighted by atomic mass is 10.1. The van der Waals surface area contributed by atoms with E-state index in [0.29, 0.717) is 43.4 Å². The lowest BCUT2D eigenvalue weighted by molar-refractivity contribution is 0.103. The molecule has 1 aliphatic rings. The first-order chi connectivity index (χ1) is 20.6. The summed E-state index contributed by atoms with van der Waals surface area (Å²) in [6, 6.07) is 5.13. The van der Waals surface area contributed by atoms with E-state index < -0.39 is 46.4 Å². The van der Waals surface area contributed by atoms with Crippen LogP contribution in [0.15, 0.2) is 24.4 Å². The molecule has 0 spiro atoms. The Morgan fingerprint density at radius 2 is 1.67 bits per heavy atom. The molecule has 43 heavy (non-hydrogen) atoms. The highest BCUT2D eigenvalue weighted by Crippen LogP contribution is 2.32. The van der Waals surface area contributed by atoms with Gasteiger partial charge in [-0.1, -0.05) is 35.1 Å². The minimum Gasteiger partial charge on any atom is -0.395 e. The molecule has 1 aliphatic heterocycles. The third-order valence-corrected chi connectivity index (χ3v) is 7.76. The number of benzene rings is 2. The zero-order chi connectivity index (χ0) is 30.8. The Morgan fingerprint density at radius 1 is 1.00 bits per heavy atom. The van der Waals surface area contributed by atoms with E-state index in [0.717, 1.165) is 16.9 Å². The van der Waals surface area contributed by atoms with Crippen molar-refractivity contribution < 1.29 is 31.9 Å². The number of anilines is 4. The van der Waals surface area contributed by atoms with Crippen LogP contribution in [0.25, 0.3) is 11.4 Å². The highest BCUT2D eigenvalue weighted by Gasteiger charge is 2.30. The predicted octanol–water partition coefficient (Wildman–Crippen LogP) is 4.76. The number of thiazole rings is 1. The zero-order valence-corrected chi connectivity index (χ0v) is 23.8. The van der Waals surface area contributed by atoms with E-state index >= 15 is 0 Å². The van der Waals surface area contributed by atoms with Crippen molar-refractivity contribution in [2.24, 2.45) is 0 Å². The molecule has 0 unspecified atom stereocenters. The van der Waals surface area contributed by atoms with Gasteiger partial charge in [-0.05, 0) is 18.6 Å². The van der Waals surface area contributed by atoms with Crippen molar-refractivity contribution >= 4 is 51.6 Å². The minimum absolute atomic E-state index is 0.0456. The van der Waals surface area contributed by atoms with Crippen molar-refractivity contribution in [3.05, 3.63) is 68.9 Å². The molecule has 0 bridgehead atoms. The normalized spacial score (nSPS) is 13.8. The maximum absolute atomic E-state index is 14.7. The second kappa shape index (κ2) is 12.7. The Hall–Kier alpha value is -3.99. The molecule has 1 amide bonds. The van der Waals surface area contributed by atoms with Gasteiger partial charge in [0.15, 0.2) is 34.2 Å². The highest BCUT2D eigenvalue weighted by atomic mass is 35.5. The molecule has 0 saturated carbocycles. The molecule has 226 valence electrons. The number of carbonyl (C=O) groups is 1. The van der Waals surface area contributed by atoms with Crippen LogP contribution in [0, 0.1) is 36.0 Å². The fourth-order valence-corrected chi connectivity index (χ4v) is 5.26. The summed E-state index contributed by atoms with van der Waals surface area (Å²) >= 11 is 7.08. The largest absolute Gasteiger partial charge is 0.395 e. The van der Waals surface area contributed by atoms with E-state index in [2.05, 4.69) is 30.6 Å². The molecule has 1 fully saturated rings. The lowest BCUT2D eigenvalue weighted by Gasteiger charge is -2.34. The molecule has 0 aliphatic carbocycles. The number of amides is 1. The first-order valence-corrected chi connectivity index (χ1v) is 13.9. The molecule has 0 atom stereocenters. The van der Waals surface area contributed by atoms with Gasteiger partial charge in [0.05, 0.1) is 29.1 Å². The van der Waals surface area contributed by atoms with Gasteiger partial charge in [-0.3, -0.25) is 15.0 Å². The third-order valence-electron chi connectivity index (χ3n) is 6.54. The SMILES string of the molecule is Cc1cccc(Cl)c1NC(=O)c1cnc(Nc2nc(-c3c(F)c(F)c(F)c(F)c3F)nc(N3CCN(CCO)CC3)n2)s1. The fourth-order valence-electron chi connectivity index (χ4n) is 4.29. The maximum atomic E-state index is 14.7. The van der Waals surface area contributed by atoms with Crippen LogP contribution in [-0.2, 0) is 0 Å². The number of aliphatic hydroxyl groups excluding tert-OH is 1.